The van der Waals surface area contributed by atoms with Gasteiger partial charge >= 0.3 is 0 Å². The summed E-state index contributed by atoms with van der Waals surface area (Å²) in [6, 6.07) is 10.3. The van der Waals surface area contributed by atoms with Crippen LogP contribution in [-0.4, -0.2) is 15.3 Å². The first-order valence-corrected chi connectivity index (χ1v) is 5.10. The van der Waals surface area contributed by atoms with E-state index in [0.29, 0.717) is 5.56 Å². The lowest BCUT2D eigenvalue weighted by Gasteiger charge is -2.08. The first kappa shape index (κ1) is 11.1. The maximum absolute atomic E-state index is 9.47. The highest BCUT2D eigenvalue weighted by Crippen LogP contribution is 2.39. The van der Waals surface area contributed by atoms with Crippen LogP contribution in [-0.2, 0) is 0 Å². The molecule has 0 fully saturated rings. The molecule has 0 heterocycles. The first-order valence-electron chi connectivity index (χ1n) is 5.10. The van der Waals surface area contributed by atoms with Crippen LogP contribution in [0.15, 0.2) is 43.0 Å². The molecule has 0 spiro atoms. The largest absolute Gasteiger partial charge is 0.504 e. The highest BCUT2D eigenvalue weighted by atomic mass is 16.3. The number of hydrogen-bond acceptors (Lipinski definition) is 3. The Labute approximate surface area is 98.9 Å². The molecule has 0 aliphatic heterocycles. The van der Waals surface area contributed by atoms with Crippen molar-refractivity contribution in [2.75, 3.05) is 0 Å². The lowest BCUT2D eigenvalue weighted by Crippen LogP contribution is -1.83. The molecular weight excluding hydrogens is 216 g/mol. The Bertz CT molecular complexity index is 550. The zero-order chi connectivity index (χ0) is 12.4. The zero-order valence-corrected chi connectivity index (χ0v) is 9.09. The van der Waals surface area contributed by atoms with Gasteiger partial charge in [-0.05, 0) is 28.8 Å². The van der Waals surface area contributed by atoms with Gasteiger partial charge in [0.05, 0.1) is 0 Å². The second-order valence-electron chi connectivity index (χ2n) is 3.65. The summed E-state index contributed by atoms with van der Waals surface area (Å²) in [6.07, 6.45) is 1.69. The van der Waals surface area contributed by atoms with E-state index in [4.69, 9.17) is 0 Å². The van der Waals surface area contributed by atoms with Crippen LogP contribution in [0.25, 0.3) is 17.2 Å². The molecule has 0 aliphatic carbocycles. The number of phenols is 3. The maximum Gasteiger partial charge on any atom is 0.200 e. The van der Waals surface area contributed by atoms with Gasteiger partial charge in [0, 0.05) is 0 Å². The molecule has 3 N–H and O–H groups in total. The normalized spacial score (nSPS) is 10.1. The minimum absolute atomic E-state index is 0.348. The monoisotopic (exact) mass is 228 g/mol. The van der Waals surface area contributed by atoms with Gasteiger partial charge < -0.3 is 15.3 Å². The van der Waals surface area contributed by atoms with Crippen molar-refractivity contribution in [2.24, 2.45) is 0 Å². The van der Waals surface area contributed by atoms with Crippen molar-refractivity contribution in [1.29, 1.82) is 0 Å². The average Bonchev–Trinajstić information content (AvgIpc) is 2.35. The van der Waals surface area contributed by atoms with Crippen LogP contribution in [0.4, 0.5) is 0 Å². The van der Waals surface area contributed by atoms with Crippen LogP contribution in [0.3, 0.4) is 0 Å². The van der Waals surface area contributed by atoms with Crippen molar-refractivity contribution in [3.8, 4) is 28.4 Å². The molecule has 0 saturated heterocycles. The number of phenolic OH excluding ortho intramolecular Hbond substituents is 3. The summed E-state index contributed by atoms with van der Waals surface area (Å²) >= 11 is 0. The standard InChI is InChI=1S/C14H12O3/c1-2-9-5-3-4-6-11(9)10-7-12(15)14(17)13(16)8-10/h2-8,15-17H,1H2. The van der Waals surface area contributed by atoms with E-state index >= 15 is 0 Å². The van der Waals surface area contributed by atoms with Gasteiger partial charge in [0.2, 0.25) is 0 Å². The fourth-order valence-electron chi connectivity index (χ4n) is 1.70. The summed E-state index contributed by atoms with van der Waals surface area (Å²) in [4.78, 5) is 0. The quantitative estimate of drug-likeness (QED) is 0.692. The van der Waals surface area contributed by atoms with Crippen molar-refractivity contribution in [2.45, 2.75) is 0 Å². The van der Waals surface area contributed by atoms with E-state index in [9.17, 15) is 15.3 Å². The third-order valence-electron chi connectivity index (χ3n) is 2.56. The van der Waals surface area contributed by atoms with Gasteiger partial charge in [0.25, 0.3) is 0 Å². The summed E-state index contributed by atoms with van der Waals surface area (Å²) in [7, 11) is 0. The summed E-state index contributed by atoms with van der Waals surface area (Å²) < 4.78 is 0. The van der Waals surface area contributed by atoms with Gasteiger partial charge in [-0.15, -0.1) is 0 Å². The highest BCUT2D eigenvalue weighted by molar-refractivity contribution is 5.77. The lowest BCUT2D eigenvalue weighted by molar-refractivity contribution is 0.368. The van der Waals surface area contributed by atoms with E-state index in [1.807, 2.05) is 24.3 Å². The van der Waals surface area contributed by atoms with Gasteiger partial charge in [0.1, 0.15) is 0 Å². The first-order chi connectivity index (χ1) is 8.13. The Kier molecular flexibility index (Phi) is 2.75. The minimum atomic E-state index is -0.509. The maximum atomic E-state index is 9.47. The van der Waals surface area contributed by atoms with Crippen LogP contribution >= 0.6 is 0 Å². The fraction of sp³-hybridized carbons (Fsp3) is 0. The molecule has 0 atom stereocenters. The molecule has 0 saturated carbocycles. The molecule has 2 aromatic rings. The van der Waals surface area contributed by atoms with Gasteiger partial charge in [-0.1, -0.05) is 36.9 Å². The Morgan fingerprint density at radius 2 is 1.53 bits per heavy atom. The topological polar surface area (TPSA) is 60.7 Å². The van der Waals surface area contributed by atoms with E-state index in [2.05, 4.69) is 6.58 Å². The summed E-state index contributed by atoms with van der Waals surface area (Å²) in [5.74, 6) is -1.21. The van der Waals surface area contributed by atoms with E-state index < -0.39 is 5.75 Å². The molecule has 0 amide bonds. The molecule has 3 heteroatoms. The van der Waals surface area contributed by atoms with Crippen molar-refractivity contribution in [1.82, 2.24) is 0 Å². The number of hydrogen-bond donors (Lipinski definition) is 3. The minimum Gasteiger partial charge on any atom is -0.504 e. The molecule has 2 aromatic carbocycles. The molecule has 0 bridgehead atoms. The summed E-state index contributed by atoms with van der Waals surface area (Å²) in [5.41, 5.74) is 2.33. The zero-order valence-electron chi connectivity index (χ0n) is 9.09. The van der Waals surface area contributed by atoms with Gasteiger partial charge in [-0.3, -0.25) is 0 Å². The number of benzene rings is 2. The van der Waals surface area contributed by atoms with E-state index in [1.165, 1.54) is 12.1 Å². The van der Waals surface area contributed by atoms with Crippen LogP contribution in [0, 0.1) is 0 Å². The third-order valence-corrected chi connectivity index (χ3v) is 2.56. The molecule has 0 unspecified atom stereocenters. The molecule has 0 aromatic heterocycles. The fourth-order valence-corrected chi connectivity index (χ4v) is 1.70. The lowest BCUT2D eigenvalue weighted by atomic mass is 9.99. The molecule has 2 rings (SSSR count). The smallest absolute Gasteiger partial charge is 0.200 e. The third kappa shape index (κ3) is 1.95. The van der Waals surface area contributed by atoms with Crippen molar-refractivity contribution in [3.63, 3.8) is 0 Å². The second-order valence-corrected chi connectivity index (χ2v) is 3.65. The second kappa shape index (κ2) is 4.22. The molecule has 0 aliphatic rings. The van der Waals surface area contributed by atoms with Gasteiger partial charge in [-0.2, -0.15) is 0 Å². The van der Waals surface area contributed by atoms with Gasteiger partial charge in [0.15, 0.2) is 17.2 Å². The number of rotatable bonds is 2. The van der Waals surface area contributed by atoms with Crippen molar-refractivity contribution < 1.29 is 15.3 Å². The molecule has 86 valence electrons. The molecular formula is C14H12O3. The molecule has 17 heavy (non-hydrogen) atoms. The van der Waals surface area contributed by atoms with E-state index in [0.717, 1.165) is 11.1 Å². The Morgan fingerprint density at radius 3 is 2.12 bits per heavy atom. The SMILES string of the molecule is C=Cc1ccccc1-c1cc(O)c(O)c(O)c1. The highest BCUT2D eigenvalue weighted by Gasteiger charge is 2.10. The van der Waals surface area contributed by atoms with Crippen LogP contribution in [0.5, 0.6) is 17.2 Å². The van der Waals surface area contributed by atoms with E-state index in [-0.39, 0.29) is 11.5 Å². The van der Waals surface area contributed by atoms with Crippen LogP contribution in [0.2, 0.25) is 0 Å². The number of aromatic hydroxyl groups is 3. The Hall–Kier alpha value is -2.42. The predicted octanol–water partition coefficient (Wildman–Crippen LogP) is 3.11. The Morgan fingerprint density at radius 1 is 0.941 bits per heavy atom. The van der Waals surface area contributed by atoms with Gasteiger partial charge in [-0.25, -0.2) is 0 Å². The van der Waals surface area contributed by atoms with E-state index in [1.54, 1.807) is 6.08 Å². The average molecular weight is 228 g/mol. The predicted molar refractivity (Wildman–Crippen MR) is 67.0 cm³/mol. The Balaban J connectivity index is 2.65. The van der Waals surface area contributed by atoms with Crippen molar-refractivity contribution in [3.05, 3.63) is 48.5 Å². The molecule has 3 nitrogen and oxygen atoms in total. The molecule has 0 radical (unpaired) electrons. The van der Waals surface area contributed by atoms with Crippen LogP contribution in [0.1, 0.15) is 5.56 Å². The van der Waals surface area contributed by atoms with Crippen molar-refractivity contribution >= 4 is 6.08 Å². The summed E-state index contributed by atoms with van der Waals surface area (Å²) in [5, 5.41) is 28.2. The summed E-state index contributed by atoms with van der Waals surface area (Å²) in [6.45, 7) is 3.71. The van der Waals surface area contributed by atoms with Crippen LogP contribution < -0.4 is 0 Å².